The van der Waals surface area contributed by atoms with Gasteiger partial charge >= 0.3 is 0 Å². The van der Waals surface area contributed by atoms with E-state index < -0.39 is 0 Å². The number of nitrogens with one attached hydrogen (secondary N) is 1. The maximum absolute atomic E-state index is 5.73. The van der Waals surface area contributed by atoms with Crippen molar-refractivity contribution in [1.29, 1.82) is 0 Å². The lowest BCUT2D eigenvalue weighted by Gasteiger charge is -2.35. The lowest BCUT2D eigenvalue weighted by Crippen LogP contribution is -2.44. The van der Waals surface area contributed by atoms with Gasteiger partial charge in [-0.15, -0.1) is 0 Å². The van der Waals surface area contributed by atoms with E-state index in [-0.39, 0.29) is 0 Å². The largest absolute Gasteiger partial charge is 0.381 e. The predicted molar refractivity (Wildman–Crippen MR) is 80.9 cm³/mol. The highest BCUT2D eigenvalue weighted by molar-refractivity contribution is 5.30. The second-order valence-electron chi connectivity index (χ2n) is 6.15. The summed E-state index contributed by atoms with van der Waals surface area (Å²) in [6, 6.07) is 4.85. The SMILES string of the molecule is CCCNC(C1CCCOC1)C1CCc2cccnc21. The molecule has 2 heterocycles. The van der Waals surface area contributed by atoms with Gasteiger partial charge in [-0.1, -0.05) is 13.0 Å². The minimum Gasteiger partial charge on any atom is -0.381 e. The first-order chi connectivity index (χ1) is 9.90. The summed E-state index contributed by atoms with van der Waals surface area (Å²) < 4.78 is 5.73. The predicted octanol–water partition coefficient (Wildman–Crippen LogP) is 2.91. The lowest BCUT2D eigenvalue weighted by molar-refractivity contribution is 0.0345. The number of pyridine rings is 1. The summed E-state index contributed by atoms with van der Waals surface area (Å²) in [4.78, 5) is 4.68. The van der Waals surface area contributed by atoms with Gasteiger partial charge in [0.15, 0.2) is 0 Å². The Bertz CT molecular complexity index is 429. The third-order valence-electron chi connectivity index (χ3n) is 4.77. The molecular formula is C17H26N2O. The van der Waals surface area contributed by atoms with Crippen molar-refractivity contribution in [3.8, 4) is 0 Å². The van der Waals surface area contributed by atoms with Gasteiger partial charge in [-0.3, -0.25) is 4.98 Å². The maximum Gasteiger partial charge on any atom is 0.0509 e. The maximum atomic E-state index is 5.73. The highest BCUT2D eigenvalue weighted by Gasteiger charge is 2.36. The van der Waals surface area contributed by atoms with Crippen molar-refractivity contribution < 1.29 is 4.74 Å². The molecule has 0 amide bonds. The second kappa shape index (κ2) is 6.68. The van der Waals surface area contributed by atoms with Crippen molar-refractivity contribution in [2.24, 2.45) is 5.92 Å². The highest BCUT2D eigenvalue weighted by atomic mass is 16.5. The van der Waals surface area contributed by atoms with Gasteiger partial charge in [-0.25, -0.2) is 0 Å². The smallest absolute Gasteiger partial charge is 0.0509 e. The minimum absolute atomic E-state index is 0.534. The van der Waals surface area contributed by atoms with Crippen LogP contribution in [-0.4, -0.2) is 30.8 Å². The van der Waals surface area contributed by atoms with E-state index in [1.54, 1.807) is 0 Å². The molecule has 2 aliphatic rings. The molecule has 3 nitrogen and oxygen atoms in total. The van der Waals surface area contributed by atoms with Crippen LogP contribution in [0.5, 0.6) is 0 Å². The average Bonchev–Trinajstić information content (AvgIpc) is 2.93. The summed E-state index contributed by atoms with van der Waals surface area (Å²) in [7, 11) is 0. The van der Waals surface area contributed by atoms with E-state index in [0.29, 0.717) is 17.9 Å². The lowest BCUT2D eigenvalue weighted by atomic mass is 9.83. The number of ether oxygens (including phenoxy) is 1. The van der Waals surface area contributed by atoms with Crippen LogP contribution in [0.3, 0.4) is 0 Å². The van der Waals surface area contributed by atoms with Crippen molar-refractivity contribution in [3.63, 3.8) is 0 Å². The van der Waals surface area contributed by atoms with E-state index in [9.17, 15) is 0 Å². The summed E-state index contributed by atoms with van der Waals surface area (Å²) in [5, 5.41) is 3.80. The van der Waals surface area contributed by atoms with Crippen LogP contribution in [0.1, 0.15) is 49.8 Å². The summed E-state index contributed by atoms with van der Waals surface area (Å²) in [6.45, 7) is 5.19. The van der Waals surface area contributed by atoms with Crippen LogP contribution in [0.2, 0.25) is 0 Å². The first-order valence-electron chi connectivity index (χ1n) is 8.15. The van der Waals surface area contributed by atoms with E-state index in [4.69, 9.17) is 4.74 Å². The number of aromatic nitrogens is 1. The molecule has 0 aromatic carbocycles. The molecular weight excluding hydrogens is 248 g/mol. The molecule has 0 spiro atoms. The number of nitrogens with zero attached hydrogens (tertiary/aromatic N) is 1. The molecule has 20 heavy (non-hydrogen) atoms. The van der Waals surface area contributed by atoms with Crippen LogP contribution in [0.4, 0.5) is 0 Å². The van der Waals surface area contributed by atoms with Crippen molar-refractivity contribution in [2.45, 2.75) is 51.0 Å². The zero-order valence-corrected chi connectivity index (χ0v) is 12.5. The molecule has 1 saturated heterocycles. The molecule has 1 aromatic rings. The Morgan fingerprint density at radius 3 is 3.20 bits per heavy atom. The van der Waals surface area contributed by atoms with Gasteiger partial charge in [0.2, 0.25) is 0 Å². The van der Waals surface area contributed by atoms with Crippen LogP contribution < -0.4 is 5.32 Å². The van der Waals surface area contributed by atoms with Crippen LogP contribution in [0, 0.1) is 5.92 Å². The van der Waals surface area contributed by atoms with E-state index in [0.717, 1.165) is 19.8 Å². The molecule has 1 aromatic heterocycles. The fourth-order valence-electron chi connectivity index (χ4n) is 3.79. The molecule has 1 aliphatic carbocycles. The van der Waals surface area contributed by atoms with Gasteiger partial charge in [-0.2, -0.15) is 0 Å². The molecule has 3 rings (SSSR count). The number of rotatable bonds is 5. The Labute approximate surface area is 122 Å². The fraction of sp³-hybridized carbons (Fsp3) is 0.706. The van der Waals surface area contributed by atoms with E-state index in [1.807, 2.05) is 6.20 Å². The number of aryl methyl sites for hydroxylation is 1. The summed E-state index contributed by atoms with van der Waals surface area (Å²) >= 11 is 0. The van der Waals surface area contributed by atoms with Crippen molar-refractivity contribution in [1.82, 2.24) is 10.3 Å². The molecule has 110 valence electrons. The van der Waals surface area contributed by atoms with Gasteiger partial charge in [0.05, 0.1) is 6.61 Å². The molecule has 0 bridgehead atoms. The van der Waals surface area contributed by atoms with E-state index >= 15 is 0 Å². The standard InChI is InChI=1S/C17H26N2O/c1-2-9-18-17(14-6-4-11-20-12-14)15-8-7-13-5-3-10-19-16(13)15/h3,5,10,14-15,17-18H,2,4,6-9,11-12H2,1H3. The number of hydrogen-bond acceptors (Lipinski definition) is 3. The Hall–Kier alpha value is -0.930. The first-order valence-corrected chi connectivity index (χ1v) is 8.15. The Morgan fingerprint density at radius 2 is 2.40 bits per heavy atom. The molecule has 3 unspecified atom stereocenters. The van der Waals surface area contributed by atoms with Gasteiger partial charge < -0.3 is 10.1 Å². The molecule has 1 N–H and O–H groups in total. The van der Waals surface area contributed by atoms with Crippen LogP contribution in [-0.2, 0) is 11.2 Å². The topological polar surface area (TPSA) is 34.1 Å². The molecule has 0 saturated carbocycles. The third-order valence-corrected chi connectivity index (χ3v) is 4.77. The normalized spacial score (nSPS) is 27.2. The van der Waals surface area contributed by atoms with Gasteiger partial charge in [-0.05, 0) is 56.2 Å². The number of hydrogen-bond donors (Lipinski definition) is 1. The zero-order chi connectivity index (χ0) is 13.8. The van der Waals surface area contributed by atoms with E-state index in [2.05, 4.69) is 29.4 Å². The van der Waals surface area contributed by atoms with Crippen molar-refractivity contribution in [2.75, 3.05) is 19.8 Å². The van der Waals surface area contributed by atoms with Gasteiger partial charge in [0.25, 0.3) is 0 Å². The van der Waals surface area contributed by atoms with Crippen molar-refractivity contribution >= 4 is 0 Å². The molecule has 3 atom stereocenters. The zero-order valence-electron chi connectivity index (χ0n) is 12.5. The van der Waals surface area contributed by atoms with Crippen molar-refractivity contribution in [3.05, 3.63) is 29.6 Å². The fourth-order valence-corrected chi connectivity index (χ4v) is 3.79. The van der Waals surface area contributed by atoms with Crippen LogP contribution >= 0.6 is 0 Å². The average molecular weight is 274 g/mol. The number of fused-ring (bicyclic) bond motifs is 1. The van der Waals surface area contributed by atoms with Crippen LogP contribution in [0.15, 0.2) is 18.3 Å². The Morgan fingerprint density at radius 1 is 1.45 bits per heavy atom. The molecule has 1 fully saturated rings. The second-order valence-corrected chi connectivity index (χ2v) is 6.15. The Kier molecular flexibility index (Phi) is 4.69. The molecule has 0 radical (unpaired) electrons. The monoisotopic (exact) mass is 274 g/mol. The molecule has 3 heteroatoms. The highest BCUT2D eigenvalue weighted by Crippen LogP contribution is 2.37. The summed E-state index contributed by atoms with van der Waals surface area (Å²) in [5.41, 5.74) is 2.80. The summed E-state index contributed by atoms with van der Waals surface area (Å²) in [6.07, 6.45) is 8.06. The van der Waals surface area contributed by atoms with Gasteiger partial charge in [0, 0.05) is 30.5 Å². The quantitative estimate of drug-likeness (QED) is 0.896. The minimum atomic E-state index is 0.534. The van der Waals surface area contributed by atoms with Gasteiger partial charge in [0.1, 0.15) is 0 Å². The Balaban J connectivity index is 1.78. The van der Waals surface area contributed by atoms with E-state index in [1.165, 1.54) is 43.4 Å². The van der Waals surface area contributed by atoms with Crippen LogP contribution in [0.25, 0.3) is 0 Å². The third kappa shape index (κ3) is 2.89. The molecule has 1 aliphatic heterocycles. The first kappa shape index (κ1) is 14.0. The summed E-state index contributed by atoms with van der Waals surface area (Å²) in [5.74, 6) is 1.22.